The molecule has 1 heterocycles. The molecule has 3 rings (SSSR count). The van der Waals surface area contributed by atoms with Crippen LogP contribution in [0.3, 0.4) is 0 Å². The van der Waals surface area contributed by atoms with Gasteiger partial charge in [0.25, 0.3) is 0 Å². The first-order valence-electron chi connectivity index (χ1n) is 11.6. The lowest BCUT2D eigenvalue weighted by atomic mass is 10.1. The van der Waals surface area contributed by atoms with Gasteiger partial charge in [-0.2, -0.15) is 0 Å². The number of pyridine rings is 1. The van der Waals surface area contributed by atoms with Crippen molar-refractivity contribution in [1.82, 2.24) is 20.1 Å². The number of amides is 1. The molecular formula is C25H29N5O7. The molecule has 196 valence electrons. The zero-order chi connectivity index (χ0) is 26.8. The van der Waals surface area contributed by atoms with Gasteiger partial charge in [0, 0.05) is 37.0 Å². The number of hydrogen-bond donors (Lipinski definition) is 5. The number of fused-ring (bicyclic) bond motifs is 2. The predicted molar refractivity (Wildman–Crippen MR) is 137 cm³/mol. The van der Waals surface area contributed by atoms with Crippen LogP contribution < -0.4 is 10.6 Å². The van der Waals surface area contributed by atoms with Crippen molar-refractivity contribution in [2.75, 3.05) is 57.7 Å². The second kappa shape index (κ2) is 13.1. The van der Waals surface area contributed by atoms with Crippen molar-refractivity contribution in [3.8, 4) is 0 Å². The molecule has 0 saturated heterocycles. The van der Waals surface area contributed by atoms with Crippen molar-refractivity contribution < 1.29 is 34.5 Å². The van der Waals surface area contributed by atoms with E-state index in [0.29, 0.717) is 6.54 Å². The Hall–Kier alpha value is -4.29. The minimum Gasteiger partial charge on any atom is -0.480 e. The Balaban J connectivity index is 1.56. The number of carbonyl (C=O) groups is 4. The van der Waals surface area contributed by atoms with Crippen LogP contribution in [0.4, 0.5) is 5.69 Å². The van der Waals surface area contributed by atoms with Crippen molar-refractivity contribution in [2.45, 2.75) is 0 Å². The van der Waals surface area contributed by atoms with Gasteiger partial charge >= 0.3 is 17.9 Å². The largest absolute Gasteiger partial charge is 0.480 e. The van der Waals surface area contributed by atoms with Gasteiger partial charge in [-0.15, -0.1) is 0 Å². The Labute approximate surface area is 212 Å². The summed E-state index contributed by atoms with van der Waals surface area (Å²) in [4.78, 5) is 52.8. The summed E-state index contributed by atoms with van der Waals surface area (Å²) < 4.78 is 0. The number of aliphatic carboxylic acids is 3. The van der Waals surface area contributed by atoms with Crippen LogP contribution in [0.1, 0.15) is 0 Å². The Morgan fingerprint density at radius 3 is 1.62 bits per heavy atom. The number of nitrogens with zero attached hydrogens (tertiary/aromatic N) is 3. The third-order valence-electron chi connectivity index (χ3n) is 5.51. The number of nitrogens with one attached hydrogen (secondary N) is 2. The quantitative estimate of drug-likeness (QED) is 0.144. The summed E-state index contributed by atoms with van der Waals surface area (Å²) in [6, 6.07) is 15.5. The summed E-state index contributed by atoms with van der Waals surface area (Å²) in [5.74, 6) is -3.97. The molecule has 1 amide bonds. The number of carboxylic acids is 3. The van der Waals surface area contributed by atoms with E-state index in [4.69, 9.17) is 10.2 Å². The monoisotopic (exact) mass is 511 g/mol. The molecule has 0 radical (unpaired) electrons. The molecule has 5 N–H and O–H groups in total. The van der Waals surface area contributed by atoms with Gasteiger partial charge < -0.3 is 26.0 Å². The molecule has 0 aliphatic rings. The molecule has 0 bridgehead atoms. The van der Waals surface area contributed by atoms with Crippen LogP contribution in [0.25, 0.3) is 21.8 Å². The van der Waals surface area contributed by atoms with Crippen LogP contribution in [-0.4, -0.2) is 106 Å². The van der Waals surface area contributed by atoms with Gasteiger partial charge in [0.05, 0.1) is 42.9 Å². The number of benzene rings is 2. The molecule has 12 heteroatoms. The maximum atomic E-state index is 12.5. The zero-order valence-corrected chi connectivity index (χ0v) is 20.1. The Morgan fingerprint density at radius 1 is 0.676 bits per heavy atom. The highest BCUT2D eigenvalue weighted by Gasteiger charge is 2.18. The highest BCUT2D eigenvalue weighted by atomic mass is 16.4. The first kappa shape index (κ1) is 27.3. The zero-order valence-electron chi connectivity index (χ0n) is 20.1. The molecule has 2 aromatic carbocycles. The lowest BCUT2D eigenvalue weighted by Crippen LogP contribution is -2.45. The topological polar surface area (TPSA) is 172 Å². The van der Waals surface area contributed by atoms with Crippen molar-refractivity contribution in [3.63, 3.8) is 0 Å². The molecule has 0 saturated carbocycles. The molecule has 37 heavy (non-hydrogen) atoms. The van der Waals surface area contributed by atoms with E-state index in [0.717, 1.165) is 32.4 Å². The highest BCUT2D eigenvalue weighted by Crippen LogP contribution is 2.30. The van der Waals surface area contributed by atoms with Crippen molar-refractivity contribution >= 4 is 51.3 Å². The van der Waals surface area contributed by atoms with Crippen LogP contribution >= 0.6 is 0 Å². The molecule has 12 nitrogen and oxygen atoms in total. The number of carbonyl (C=O) groups excluding carboxylic acids is 1. The Morgan fingerprint density at radius 2 is 1.14 bits per heavy atom. The van der Waals surface area contributed by atoms with Gasteiger partial charge in [0.1, 0.15) is 0 Å². The summed E-state index contributed by atoms with van der Waals surface area (Å²) in [5.41, 5.74) is 2.59. The lowest BCUT2D eigenvalue weighted by Gasteiger charge is -2.24. The SMILES string of the molecule is O=C(O)CN(CCN(CC(=O)O)CC(=O)NCCNc1c2ccccc2nc2ccccc12)CC(=O)O. The fourth-order valence-corrected chi connectivity index (χ4v) is 3.96. The highest BCUT2D eigenvalue weighted by molar-refractivity contribution is 6.07. The maximum Gasteiger partial charge on any atom is 0.317 e. The van der Waals surface area contributed by atoms with Crippen LogP contribution in [0.5, 0.6) is 0 Å². The molecule has 0 atom stereocenters. The normalized spacial score (nSPS) is 11.2. The van der Waals surface area contributed by atoms with Crippen LogP contribution in [-0.2, 0) is 19.2 Å². The molecule has 0 spiro atoms. The van der Waals surface area contributed by atoms with Gasteiger partial charge in [-0.05, 0) is 12.1 Å². The third kappa shape index (κ3) is 8.40. The van der Waals surface area contributed by atoms with Gasteiger partial charge in [-0.1, -0.05) is 36.4 Å². The van der Waals surface area contributed by atoms with E-state index in [1.165, 1.54) is 4.90 Å². The van der Waals surface area contributed by atoms with Crippen LogP contribution in [0.2, 0.25) is 0 Å². The van der Waals surface area contributed by atoms with E-state index in [1.807, 2.05) is 48.5 Å². The predicted octanol–water partition coefficient (Wildman–Crippen LogP) is 0.774. The van der Waals surface area contributed by atoms with E-state index >= 15 is 0 Å². The molecule has 3 aromatic rings. The molecule has 0 aliphatic carbocycles. The van der Waals surface area contributed by atoms with Crippen molar-refractivity contribution in [1.29, 1.82) is 0 Å². The average Bonchev–Trinajstić information content (AvgIpc) is 2.83. The smallest absolute Gasteiger partial charge is 0.317 e. The van der Waals surface area contributed by atoms with Crippen molar-refractivity contribution in [2.24, 2.45) is 0 Å². The van der Waals surface area contributed by atoms with E-state index in [1.54, 1.807) is 0 Å². The Bertz CT molecular complexity index is 1210. The molecule has 0 aliphatic heterocycles. The number of carboxylic acid groups (broad SMARTS) is 3. The van der Waals surface area contributed by atoms with E-state index < -0.39 is 43.4 Å². The molecular weight excluding hydrogens is 482 g/mol. The minimum atomic E-state index is -1.20. The fraction of sp³-hybridized carbons (Fsp3) is 0.320. The number of para-hydroxylation sites is 2. The fourth-order valence-electron chi connectivity index (χ4n) is 3.96. The van der Waals surface area contributed by atoms with Crippen LogP contribution in [0, 0.1) is 0 Å². The summed E-state index contributed by atoms with van der Waals surface area (Å²) >= 11 is 0. The number of rotatable bonds is 15. The number of hydrogen-bond acceptors (Lipinski definition) is 8. The van der Waals surface area contributed by atoms with E-state index in [9.17, 15) is 24.3 Å². The number of aromatic nitrogens is 1. The van der Waals surface area contributed by atoms with E-state index in [-0.39, 0.29) is 26.2 Å². The second-order valence-corrected chi connectivity index (χ2v) is 8.40. The van der Waals surface area contributed by atoms with E-state index in [2.05, 4.69) is 15.6 Å². The molecule has 1 aromatic heterocycles. The standard InChI is InChI=1S/C25H29N5O7/c31-21(13-29(14-22(32)33)11-12-30(15-23(34)35)16-24(36)37)26-9-10-27-25-17-5-1-3-7-19(17)28-20-8-4-2-6-18(20)25/h1-8H,9-16H2,(H,26,31)(H,27,28)(H,32,33)(H,34,35)(H,36,37). The summed E-state index contributed by atoms with van der Waals surface area (Å²) in [6.45, 7) is -1.04. The minimum absolute atomic E-state index is 0.00746. The Kier molecular flexibility index (Phi) is 9.69. The summed E-state index contributed by atoms with van der Waals surface area (Å²) in [6.07, 6.45) is 0. The second-order valence-electron chi connectivity index (χ2n) is 8.40. The van der Waals surface area contributed by atoms with Gasteiger partial charge in [-0.3, -0.25) is 29.0 Å². The summed E-state index contributed by atoms with van der Waals surface area (Å²) in [5, 5.41) is 35.1. The van der Waals surface area contributed by atoms with Crippen molar-refractivity contribution in [3.05, 3.63) is 48.5 Å². The lowest BCUT2D eigenvalue weighted by molar-refractivity contribution is -0.143. The molecule has 0 fully saturated rings. The van der Waals surface area contributed by atoms with Crippen LogP contribution in [0.15, 0.2) is 48.5 Å². The first-order chi connectivity index (χ1) is 17.7. The van der Waals surface area contributed by atoms with Gasteiger partial charge in [-0.25, -0.2) is 4.98 Å². The first-order valence-corrected chi connectivity index (χ1v) is 11.6. The average molecular weight is 512 g/mol. The van der Waals surface area contributed by atoms with Gasteiger partial charge in [0.15, 0.2) is 0 Å². The van der Waals surface area contributed by atoms with Gasteiger partial charge in [0.2, 0.25) is 5.91 Å². The summed E-state index contributed by atoms with van der Waals surface area (Å²) in [7, 11) is 0. The number of anilines is 1. The molecule has 0 unspecified atom stereocenters. The maximum absolute atomic E-state index is 12.5. The third-order valence-corrected chi connectivity index (χ3v) is 5.51.